The molecular formula is C44H60O27. The van der Waals surface area contributed by atoms with Crippen LogP contribution in [0.5, 0.6) is 0 Å². The summed E-state index contributed by atoms with van der Waals surface area (Å²) in [5.74, 6) is -8.83. The van der Waals surface area contributed by atoms with Crippen molar-refractivity contribution in [1.82, 2.24) is 0 Å². The fraction of sp³-hybridized carbons (Fsp3) is 0.727. The molecule has 0 aromatic heterocycles. The van der Waals surface area contributed by atoms with Crippen molar-refractivity contribution in [1.29, 1.82) is 0 Å². The number of rotatable bonds is 18. The number of esters is 10. The normalized spacial score (nSPS) is 34.4. The molecule has 71 heavy (non-hydrogen) atoms. The molecule has 0 bridgehead atoms. The molecule has 0 aliphatic carbocycles. The average molecular weight is 1020 g/mol. The van der Waals surface area contributed by atoms with Crippen LogP contribution in [0.25, 0.3) is 0 Å². The first-order valence-electron chi connectivity index (χ1n) is 22.1. The molecule has 18 atom stereocenters. The van der Waals surface area contributed by atoms with Gasteiger partial charge in [0.1, 0.15) is 31.5 Å². The number of hydrogen-bond donors (Lipinski definition) is 0. The molecule has 4 aliphatic rings. The zero-order chi connectivity index (χ0) is 53.0. The van der Waals surface area contributed by atoms with Gasteiger partial charge in [0.2, 0.25) is 0 Å². The lowest BCUT2D eigenvalue weighted by Gasteiger charge is -2.49. The molecule has 0 aromatic carbocycles. The summed E-state index contributed by atoms with van der Waals surface area (Å²) in [7, 11) is 0. The van der Waals surface area contributed by atoms with E-state index in [1.54, 1.807) is 0 Å². The van der Waals surface area contributed by atoms with Crippen LogP contribution in [0.2, 0.25) is 0 Å². The first-order valence-corrected chi connectivity index (χ1v) is 22.1. The summed E-state index contributed by atoms with van der Waals surface area (Å²) in [4.78, 5) is 125. The Hall–Kier alpha value is -6.00. The van der Waals surface area contributed by atoms with Gasteiger partial charge in [0.25, 0.3) is 0 Å². The Morgan fingerprint density at radius 1 is 0.352 bits per heavy atom. The molecule has 3 fully saturated rings. The van der Waals surface area contributed by atoms with Crippen LogP contribution in [0.4, 0.5) is 0 Å². The van der Waals surface area contributed by atoms with Crippen LogP contribution in [0.3, 0.4) is 0 Å². The summed E-state index contributed by atoms with van der Waals surface area (Å²) in [5, 5.41) is 0. The van der Waals surface area contributed by atoms with Crippen LogP contribution in [-0.2, 0) is 128 Å². The molecule has 0 saturated carbocycles. The molecule has 398 valence electrons. The highest BCUT2D eigenvalue weighted by molar-refractivity contribution is 5.70. The minimum Gasteiger partial charge on any atom is -0.492 e. The lowest BCUT2D eigenvalue weighted by Crippen LogP contribution is -2.67. The maximum Gasteiger partial charge on any atom is 0.303 e. The summed E-state index contributed by atoms with van der Waals surface area (Å²) in [6.07, 6.45) is -26.1. The van der Waals surface area contributed by atoms with Crippen molar-refractivity contribution in [2.45, 2.75) is 194 Å². The number of carbonyl (C=O) groups is 10. The largest absolute Gasteiger partial charge is 0.492 e. The molecule has 0 amide bonds. The SMILES string of the molecule is CC(=O)OCC1OC=CC(O[C@@H]2OC(C)[C@@H](OC(C)=O)C(OC(C)=O)[C@H]2OC(C)=O)[C@@H]1O[C@@H]1OC(COC(C)=O)[C@H](OC(C)=O)[C@H](OC(C)=O)C1OC1OC(C)[C@@H](OC(C)=O)C(OC(C)=O)[C@@H]1OC(C)=O. The fourth-order valence-electron chi connectivity index (χ4n) is 7.99. The second-order valence-corrected chi connectivity index (χ2v) is 16.5. The Labute approximate surface area is 406 Å². The van der Waals surface area contributed by atoms with Gasteiger partial charge >= 0.3 is 59.7 Å². The molecule has 0 aromatic rings. The highest BCUT2D eigenvalue weighted by atomic mass is 16.8. The lowest BCUT2D eigenvalue weighted by molar-refractivity contribution is -0.379. The second kappa shape index (κ2) is 25.9. The summed E-state index contributed by atoms with van der Waals surface area (Å²) < 4.78 is 99.1. The molecule has 0 radical (unpaired) electrons. The van der Waals surface area contributed by atoms with Crippen molar-refractivity contribution in [3.05, 3.63) is 12.3 Å². The van der Waals surface area contributed by atoms with Crippen LogP contribution in [0.1, 0.15) is 83.1 Å². The van der Waals surface area contributed by atoms with Gasteiger partial charge in [-0.25, -0.2) is 0 Å². The Kier molecular flexibility index (Phi) is 21.0. The van der Waals surface area contributed by atoms with E-state index >= 15 is 0 Å². The van der Waals surface area contributed by atoms with Crippen molar-refractivity contribution in [3.63, 3.8) is 0 Å². The van der Waals surface area contributed by atoms with Crippen LogP contribution in [-0.4, -0.2) is 183 Å². The topological polar surface area (TPSA) is 328 Å². The van der Waals surface area contributed by atoms with Gasteiger partial charge in [-0.1, -0.05) is 0 Å². The Morgan fingerprint density at radius 3 is 1.08 bits per heavy atom. The second-order valence-electron chi connectivity index (χ2n) is 16.5. The molecule has 0 N–H and O–H groups in total. The van der Waals surface area contributed by atoms with Gasteiger partial charge in [0.05, 0.1) is 18.5 Å². The number of carbonyl (C=O) groups excluding carboxylic acids is 10. The molecule has 27 nitrogen and oxygen atoms in total. The highest BCUT2D eigenvalue weighted by Gasteiger charge is 2.59. The molecule has 4 rings (SSSR count). The molecule has 9 unspecified atom stereocenters. The van der Waals surface area contributed by atoms with Crippen molar-refractivity contribution >= 4 is 59.7 Å². The third kappa shape index (κ3) is 16.5. The third-order valence-corrected chi connectivity index (χ3v) is 10.4. The minimum absolute atomic E-state index is 0.567. The van der Waals surface area contributed by atoms with Gasteiger partial charge in [-0.3, -0.25) is 47.9 Å². The lowest BCUT2D eigenvalue weighted by atomic mass is 9.96. The standard InChI is InChI=1S/C44H60O27/c1-17-32(60-21(5)47)36(63-24(8)50)39(66-27(11)53)42(58-17)68-29-13-14-55-30(15-56-19(3)45)34(29)70-44-41(38(65-26(10)52)35(62-23(7)49)31(69-44)16-57-20(4)46)71-43-40(67-28(12)54)37(64-25(9)51)33(18(2)59-43)61-22(6)48/h13-14,17-18,29-44H,15-16H2,1-12H3/t17?,18?,29?,30?,31?,32-,33-,34+,35+,36?,37?,38+,39-,40+,41?,42+,43?,44+/m1/s1. The van der Waals surface area contributed by atoms with Crippen molar-refractivity contribution in [2.24, 2.45) is 0 Å². The van der Waals surface area contributed by atoms with Gasteiger partial charge in [0.15, 0.2) is 79.9 Å². The minimum atomic E-state index is -1.97. The first-order chi connectivity index (χ1) is 33.2. The average Bonchev–Trinajstić information content (AvgIpc) is 3.23. The van der Waals surface area contributed by atoms with E-state index in [0.29, 0.717) is 0 Å². The smallest absolute Gasteiger partial charge is 0.303 e. The summed E-state index contributed by atoms with van der Waals surface area (Å²) in [5.41, 5.74) is 0. The monoisotopic (exact) mass is 1020 g/mol. The van der Waals surface area contributed by atoms with Crippen molar-refractivity contribution < 1.29 is 128 Å². The zero-order valence-corrected chi connectivity index (χ0v) is 41.0. The molecular weight excluding hydrogens is 960 g/mol. The van der Waals surface area contributed by atoms with E-state index in [1.807, 2.05) is 0 Å². The predicted octanol–water partition coefficient (Wildman–Crippen LogP) is -0.151. The van der Waals surface area contributed by atoms with Gasteiger partial charge in [-0.05, 0) is 19.9 Å². The van der Waals surface area contributed by atoms with E-state index < -0.39 is 183 Å². The van der Waals surface area contributed by atoms with Crippen LogP contribution in [0.15, 0.2) is 12.3 Å². The molecule has 3 saturated heterocycles. The highest BCUT2D eigenvalue weighted by Crippen LogP contribution is 2.38. The Morgan fingerprint density at radius 2 is 0.676 bits per heavy atom. The zero-order valence-electron chi connectivity index (χ0n) is 41.0. The molecule has 4 heterocycles. The Balaban J connectivity index is 1.92. The predicted molar refractivity (Wildman–Crippen MR) is 224 cm³/mol. The van der Waals surface area contributed by atoms with E-state index in [4.69, 9.17) is 80.5 Å². The van der Waals surface area contributed by atoms with Crippen LogP contribution >= 0.6 is 0 Å². The third-order valence-electron chi connectivity index (χ3n) is 10.4. The van der Waals surface area contributed by atoms with E-state index in [0.717, 1.165) is 75.5 Å². The van der Waals surface area contributed by atoms with E-state index in [9.17, 15) is 47.9 Å². The van der Waals surface area contributed by atoms with Gasteiger partial charge in [-0.15, -0.1) is 0 Å². The van der Waals surface area contributed by atoms with E-state index in [-0.39, 0.29) is 0 Å². The summed E-state index contributed by atoms with van der Waals surface area (Å²) >= 11 is 0. The first kappa shape index (κ1) is 57.6. The van der Waals surface area contributed by atoms with Crippen LogP contribution in [0, 0.1) is 0 Å². The molecule has 0 spiro atoms. The Bertz CT molecular complexity index is 1990. The van der Waals surface area contributed by atoms with Gasteiger partial charge in [0, 0.05) is 69.2 Å². The molecule has 4 aliphatic heterocycles. The van der Waals surface area contributed by atoms with E-state index in [2.05, 4.69) is 0 Å². The summed E-state index contributed by atoms with van der Waals surface area (Å²) in [6, 6.07) is 0. The van der Waals surface area contributed by atoms with Crippen molar-refractivity contribution in [2.75, 3.05) is 13.2 Å². The van der Waals surface area contributed by atoms with Gasteiger partial charge < -0.3 is 80.5 Å². The molecule has 27 heteroatoms. The van der Waals surface area contributed by atoms with Gasteiger partial charge in [-0.2, -0.15) is 0 Å². The quantitative estimate of drug-likeness (QED) is 0.127. The van der Waals surface area contributed by atoms with Crippen LogP contribution < -0.4 is 0 Å². The van der Waals surface area contributed by atoms with E-state index in [1.165, 1.54) is 19.9 Å². The number of hydrogen-bond acceptors (Lipinski definition) is 27. The summed E-state index contributed by atoms with van der Waals surface area (Å²) in [6.45, 7) is 12.1. The maximum absolute atomic E-state index is 13.0. The van der Waals surface area contributed by atoms with Crippen molar-refractivity contribution in [3.8, 4) is 0 Å². The number of ether oxygens (including phenoxy) is 17. The fourth-order valence-corrected chi connectivity index (χ4v) is 7.99. The maximum atomic E-state index is 13.0.